The van der Waals surface area contributed by atoms with Gasteiger partial charge in [0.15, 0.2) is 11.6 Å². The first kappa shape index (κ1) is 42.2. The number of hydrogen-bond acceptors (Lipinski definition) is 8. The Morgan fingerprint density at radius 3 is 1.76 bits per heavy atom. The minimum Gasteiger partial charge on any atom is -0.481 e. The molecule has 4 fully saturated rings. The van der Waals surface area contributed by atoms with Gasteiger partial charge in [0.1, 0.15) is 0 Å². The number of aliphatic carboxylic acids is 2. The lowest BCUT2D eigenvalue weighted by Crippen LogP contribution is -2.34. The minimum absolute atomic E-state index is 0.124. The van der Waals surface area contributed by atoms with E-state index < -0.39 is 28.7 Å². The number of rotatable bonds is 13. The van der Waals surface area contributed by atoms with Crippen LogP contribution in [0.4, 0.5) is 11.4 Å². The number of hydrogen-bond donors (Lipinski definition) is 5. The van der Waals surface area contributed by atoms with Gasteiger partial charge in [-0.2, -0.15) is 0 Å². The van der Waals surface area contributed by atoms with Gasteiger partial charge in [-0.25, -0.2) is 9.97 Å². The van der Waals surface area contributed by atoms with Gasteiger partial charge in [-0.3, -0.25) is 29.0 Å². The van der Waals surface area contributed by atoms with Gasteiger partial charge in [-0.05, 0) is 113 Å². The van der Waals surface area contributed by atoms with Gasteiger partial charge in [0.05, 0.1) is 49.3 Å². The number of fused-ring (bicyclic) bond motifs is 6. The molecule has 0 unspecified atom stereocenters. The molecule has 6 aliphatic rings. The van der Waals surface area contributed by atoms with E-state index in [1.165, 1.54) is 0 Å². The van der Waals surface area contributed by atoms with E-state index in [9.17, 15) is 29.4 Å². The number of halogens is 2. The number of H-pyrrole nitrogens is 1. The first-order valence-corrected chi connectivity index (χ1v) is 23.2. The summed E-state index contributed by atoms with van der Waals surface area (Å²) in [4.78, 5) is 68.8. The molecule has 0 radical (unpaired) electrons. The van der Waals surface area contributed by atoms with Crippen molar-refractivity contribution in [2.75, 3.05) is 36.8 Å². The van der Waals surface area contributed by atoms with Crippen LogP contribution in [-0.4, -0.2) is 89.5 Å². The monoisotopic (exact) mass is 896 g/mol. The third-order valence-electron chi connectivity index (χ3n) is 16.2. The number of anilines is 2. The van der Waals surface area contributed by atoms with Gasteiger partial charge in [0.2, 0.25) is 0 Å². The molecule has 332 valence electrons. The zero-order valence-corrected chi connectivity index (χ0v) is 37.1. The van der Waals surface area contributed by atoms with Crippen molar-refractivity contribution >= 4 is 58.3 Å². The second-order valence-electron chi connectivity index (χ2n) is 19.7. The average Bonchev–Trinajstić information content (AvgIpc) is 4.14. The van der Waals surface area contributed by atoms with Crippen LogP contribution < -0.4 is 10.6 Å². The number of nitrogens with one attached hydrogen (secondary N) is 3. The Kier molecular flexibility index (Phi) is 10.5. The van der Waals surface area contributed by atoms with E-state index in [2.05, 4.69) is 30.4 Å². The Morgan fingerprint density at radius 2 is 1.22 bits per heavy atom. The number of aromatic nitrogens is 4. The van der Waals surface area contributed by atoms with E-state index in [-0.39, 0.29) is 32.6 Å². The maximum atomic E-state index is 13.8. The summed E-state index contributed by atoms with van der Waals surface area (Å²) in [5, 5.41) is 26.1. The van der Waals surface area contributed by atoms with Gasteiger partial charge < -0.3 is 30.4 Å². The quantitative estimate of drug-likeness (QED) is 0.0877. The lowest BCUT2D eigenvalue weighted by atomic mass is 9.80. The summed E-state index contributed by atoms with van der Waals surface area (Å²) in [7, 11) is 1.86. The van der Waals surface area contributed by atoms with E-state index >= 15 is 0 Å². The van der Waals surface area contributed by atoms with Crippen molar-refractivity contribution in [1.82, 2.24) is 29.3 Å². The highest BCUT2D eigenvalue weighted by atomic mass is 35.5. The number of carbonyl (C=O) groups excluding carboxylic acids is 2. The smallest absolute Gasteiger partial charge is 0.309 e. The standard InChI is InChI=1S/C47H54Cl2N8O6/c1-55-35-9-21-57(23-19-45-12-16-47(27-45,17-13-45)43(62)63)25-34(35)52-39(55)41(59)54-32-7-3-5-29(37(32)49)28-4-2-6-31(36(28)48)53-40(58)38-50-30-8-20-56(24-33(30)51-38)22-18-44-10-14-46(26-44,15-11-44)42(60)61/h2-7H,8-27H2,1H3,(H,50,51)(H,53,58)(H,54,59)(H,60,61)(H,62,63). The molecule has 2 aliphatic heterocycles. The van der Waals surface area contributed by atoms with E-state index in [1.807, 2.05) is 23.7 Å². The third kappa shape index (κ3) is 7.44. The number of nitrogens with zero attached hydrogens (tertiary/aromatic N) is 5. The summed E-state index contributed by atoms with van der Waals surface area (Å²) >= 11 is 14.0. The molecule has 2 amide bonds. The molecule has 4 bridgehead atoms. The fourth-order valence-electron chi connectivity index (χ4n) is 12.4. The SMILES string of the molecule is Cn1c(C(=O)Nc2cccc(-c3cccc(NC(=O)c4nc5c([nH]4)CN(CCC46CCC(C(=O)O)(CC4)C6)CC5)c3Cl)c2Cl)nc2c1CCN(CCC13CCC(C(=O)O)(CC1)C3)C2. The normalized spacial score (nSPS) is 27.3. The Morgan fingerprint density at radius 1 is 0.698 bits per heavy atom. The number of benzene rings is 2. The van der Waals surface area contributed by atoms with Crippen molar-refractivity contribution in [1.29, 1.82) is 0 Å². The van der Waals surface area contributed by atoms with E-state index in [0.29, 0.717) is 47.8 Å². The zero-order valence-electron chi connectivity index (χ0n) is 35.6. The fraction of sp³-hybridized carbons (Fsp3) is 0.532. The van der Waals surface area contributed by atoms with Crippen LogP contribution in [0.2, 0.25) is 10.0 Å². The second kappa shape index (κ2) is 15.7. The molecule has 4 saturated carbocycles. The number of amides is 2. The highest BCUT2D eigenvalue weighted by Crippen LogP contribution is 2.64. The van der Waals surface area contributed by atoms with Crippen LogP contribution in [0, 0.1) is 21.7 Å². The number of imidazole rings is 2. The molecule has 2 aromatic heterocycles. The van der Waals surface area contributed by atoms with Gasteiger partial charge in [0, 0.05) is 62.9 Å². The molecule has 0 atom stereocenters. The summed E-state index contributed by atoms with van der Waals surface area (Å²) in [5.74, 6) is -1.57. The predicted octanol–water partition coefficient (Wildman–Crippen LogP) is 8.19. The summed E-state index contributed by atoms with van der Waals surface area (Å²) in [5.41, 5.74) is 4.85. The van der Waals surface area contributed by atoms with Crippen molar-refractivity contribution in [2.45, 2.75) is 103 Å². The van der Waals surface area contributed by atoms with Crippen molar-refractivity contribution in [3.8, 4) is 11.1 Å². The van der Waals surface area contributed by atoms with Gasteiger partial charge in [0.25, 0.3) is 11.8 Å². The van der Waals surface area contributed by atoms with Crippen LogP contribution in [0.15, 0.2) is 36.4 Å². The molecule has 16 heteroatoms. The second-order valence-corrected chi connectivity index (χ2v) is 20.5. The highest BCUT2D eigenvalue weighted by molar-refractivity contribution is 6.40. The maximum Gasteiger partial charge on any atom is 0.309 e. The van der Waals surface area contributed by atoms with Crippen LogP contribution in [0.5, 0.6) is 0 Å². The first-order valence-electron chi connectivity index (χ1n) is 22.4. The molecule has 63 heavy (non-hydrogen) atoms. The predicted molar refractivity (Wildman–Crippen MR) is 238 cm³/mol. The molecule has 0 spiro atoms. The Balaban J connectivity index is 0.768. The van der Waals surface area contributed by atoms with Crippen LogP contribution in [0.3, 0.4) is 0 Å². The molecule has 0 saturated heterocycles. The minimum atomic E-state index is -0.634. The molecule has 10 rings (SSSR count). The fourth-order valence-corrected chi connectivity index (χ4v) is 12.9. The van der Waals surface area contributed by atoms with Gasteiger partial charge in [-0.1, -0.05) is 47.5 Å². The van der Waals surface area contributed by atoms with Crippen molar-refractivity contribution < 1.29 is 29.4 Å². The Hall–Kier alpha value is -4.76. The zero-order chi connectivity index (χ0) is 43.9. The molecular weight excluding hydrogens is 843 g/mol. The first-order chi connectivity index (χ1) is 30.2. The van der Waals surface area contributed by atoms with Crippen molar-refractivity contribution in [3.05, 3.63) is 80.9 Å². The molecule has 14 nitrogen and oxygen atoms in total. The number of carboxylic acids is 2. The average molecular weight is 898 g/mol. The maximum absolute atomic E-state index is 13.8. The van der Waals surface area contributed by atoms with Gasteiger partial charge in [-0.15, -0.1) is 0 Å². The molecule has 4 heterocycles. The van der Waals surface area contributed by atoms with E-state index in [0.717, 1.165) is 132 Å². The lowest BCUT2D eigenvalue weighted by molar-refractivity contribution is -0.149. The topological polar surface area (TPSA) is 186 Å². The largest absolute Gasteiger partial charge is 0.481 e. The Labute approximate surface area is 376 Å². The summed E-state index contributed by atoms with van der Waals surface area (Å²) in [6.45, 7) is 4.74. The van der Waals surface area contributed by atoms with Crippen LogP contribution >= 0.6 is 23.2 Å². The summed E-state index contributed by atoms with van der Waals surface area (Å²) in [6.07, 6.45) is 12.1. The number of carboxylic acid groups (broad SMARTS) is 2. The number of aromatic amines is 1. The van der Waals surface area contributed by atoms with Crippen LogP contribution in [0.25, 0.3) is 11.1 Å². The Bertz CT molecular complexity index is 2530. The molecule has 4 aromatic rings. The lowest BCUT2D eigenvalue weighted by Gasteiger charge is -2.32. The van der Waals surface area contributed by atoms with Crippen molar-refractivity contribution in [2.24, 2.45) is 28.7 Å². The molecule has 5 N–H and O–H groups in total. The molecular formula is C47H54Cl2N8O6. The van der Waals surface area contributed by atoms with E-state index in [1.54, 1.807) is 24.3 Å². The highest BCUT2D eigenvalue weighted by Gasteiger charge is 2.59. The summed E-state index contributed by atoms with van der Waals surface area (Å²) < 4.78 is 1.86. The molecule has 2 aromatic carbocycles. The number of carbonyl (C=O) groups is 4. The van der Waals surface area contributed by atoms with Crippen LogP contribution in [-0.2, 0) is 42.6 Å². The summed E-state index contributed by atoms with van der Waals surface area (Å²) in [6, 6.07) is 10.6. The van der Waals surface area contributed by atoms with E-state index in [4.69, 9.17) is 28.2 Å². The third-order valence-corrected chi connectivity index (χ3v) is 17.0. The molecule has 4 aliphatic carbocycles. The van der Waals surface area contributed by atoms with Crippen LogP contribution in [0.1, 0.15) is 121 Å². The van der Waals surface area contributed by atoms with Gasteiger partial charge >= 0.3 is 11.9 Å². The van der Waals surface area contributed by atoms with Crippen molar-refractivity contribution in [3.63, 3.8) is 0 Å².